The molecule has 0 fully saturated rings. The molecule has 3 aromatic rings. The van der Waals surface area contributed by atoms with E-state index in [-0.39, 0.29) is 24.0 Å². The average molecular weight is 485 g/mol. The Morgan fingerprint density at radius 1 is 1.06 bits per heavy atom. The molecule has 1 unspecified atom stereocenters. The smallest absolute Gasteiger partial charge is 0.336 e. The fraction of sp³-hybridized carbons (Fsp3) is 0.280. The number of hydrogen-bond acceptors (Lipinski definition) is 6. The molecule has 8 nitrogen and oxygen atoms in total. The second-order valence-corrected chi connectivity index (χ2v) is 8.69. The molecule has 1 aromatic heterocycles. The summed E-state index contributed by atoms with van der Waals surface area (Å²) in [6.45, 7) is 5.04. The van der Waals surface area contributed by atoms with Crippen LogP contribution in [0.2, 0.25) is 5.02 Å². The molecular weight excluding hydrogens is 460 g/mol. The van der Waals surface area contributed by atoms with E-state index >= 15 is 0 Å². The van der Waals surface area contributed by atoms with E-state index in [1.807, 2.05) is 13.8 Å². The first kappa shape index (κ1) is 25.0. The Kier molecular flexibility index (Phi) is 8.07. The van der Waals surface area contributed by atoms with Crippen LogP contribution in [0, 0.1) is 5.92 Å². The van der Waals surface area contributed by atoms with E-state index in [1.165, 1.54) is 19.1 Å². The third kappa shape index (κ3) is 6.68. The number of hydrogen-bond donors (Lipinski definition) is 2. The molecule has 178 valence electrons. The Morgan fingerprint density at radius 2 is 1.76 bits per heavy atom. The molecule has 0 saturated carbocycles. The van der Waals surface area contributed by atoms with E-state index in [2.05, 4.69) is 10.6 Å². The summed E-state index contributed by atoms with van der Waals surface area (Å²) in [5.74, 6) is -1.19. The topological polar surface area (TPSA) is 115 Å². The van der Waals surface area contributed by atoms with Crippen molar-refractivity contribution in [2.45, 2.75) is 39.8 Å². The molecule has 1 heterocycles. The molecule has 34 heavy (non-hydrogen) atoms. The first-order valence-electron chi connectivity index (χ1n) is 10.7. The van der Waals surface area contributed by atoms with Gasteiger partial charge >= 0.3 is 11.6 Å². The van der Waals surface area contributed by atoms with Gasteiger partial charge in [-0.1, -0.05) is 25.4 Å². The summed E-state index contributed by atoms with van der Waals surface area (Å²) in [5.41, 5.74) is 0.918. The maximum absolute atomic E-state index is 12.9. The number of halogens is 1. The molecule has 9 heteroatoms. The molecular formula is C25H25ClN2O6. The van der Waals surface area contributed by atoms with Crippen molar-refractivity contribution in [3.05, 3.63) is 75.1 Å². The van der Waals surface area contributed by atoms with Crippen LogP contribution >= 0.6 is 11.6 Å². The van der Waals surface area contributed by atoms with Crippen molar-refractivity contribution in [2.24, 2.45) is 5.92 Å². The number of nitrogens with one attached hydrogen (secondary N) is 2. The normalized spacial score (nSPS) is 11.8. The van der Waals surface area contributed by atoms with E-state index in [0.717, 1.165) is 0 Å². The van der Waals surface area contributed by atoms with Crippen LogP contribution in [-0.4, -0.2) is 23.8 Å². The minimum absolute atomic E-state index is 0.111. The van der Waals surface area contributed by atoms with Gasteiger partial charge in [-0.2, -0.15) is 0 Å². The minimum atomic E-state index is -0.874. The fourth-order valence-electron chi connectivity index (χ4n) is 3.41. The zero-order chi connectivity index (χ0) is 24.8. The van der Waals surface area contributed by atoms with Gasteiger partial charge in [-0.15, -0.1) is 0 Å². The maximum atomic E-state index is 12.9. The predicted molar refractivity (Wildman–Crippen MR) is 129 cm³/mol. The predicted octanol–water partition coefficient (Wildman–Crippen LogP) is 4.29. The van der Waals surface area contributed by atoms with Gasteiger partial charge in [0.1, 0.15) is 18.2 Å². The maximum Gasteiger partial charge on any atom is 0.336 e. The van der Waals surface area contributed by atoms with Crippen molar-refractivity contribution in [3.8, 4) is 0 Å². The second kappa shape index (κ2) is 11.0. The highest BCUT2D eigenvalue weighted by atomic mass is 35.5. The number of benzene rings is 2. The van der Waals surface area contributed by atoms with Gasteiger partial charge in [0.2, 0.25) is 5.91 Å². The highest BCUT2D eigenvalue weighted by Crippen LogP contribution is 2.22. The van der Waals surface area contributed by atoms with Crippen LogP contribution in [0.3, 0.4) is 0 Å². The number of anilines is 1. The van der Waals surface area contributed by atoms with Gasteiger partial charge in [-0.05, 0) is 48.7 Å². The van der Waals surface area contributed by atoms with Crippen LogP contribution in [-0.2, 0) is 20.9 Å². The lowest BCUT2D eigenvalue weighted by Gasteiger charge is -2.19. The van der Waals surface area contributed by atoms with Crippen LogP contribution in [0.5, 0.6) is 0 Å². The van der Waals surface area contributed by atoms with Crippen molar-refractivity contribution >= 4 is 46.0 Å². The van der Waals surface area contributed by atoms with E-state index < -0.39 is 23.5 Å². The van der Waals surface area contributed by atoms with Crippen LogP contribution in [0.4, 0.5) is 5.69 Å². The summed E-state index contributed by atoms with van der Waals surface area (Å²) < 4.78 is 10.7. The summed E-state index contributed by atoms with van der Waals surface area (Å²) >= 11 is 5.87. The largest absolute Gasteiger partial charge is 0.459 e. The average Bonchev–Trinajstić information content (AvgIpc) is 2.76. The van der Waals surface area contributed by atoms with Crippen molar-refractivity contribution in [2.75, 3.05) is 5.32 Å². The molecule has 0 radical (unpaired) electrons. The Labute approximate surface area is 201 Å². The number of amides is 2. The van der Waals surface area contributed by atoms with Crippen molar-refractivity contribution in [1.82, 2.24) is 5.32 Å². The lowest BCUT2D eigenvalue weighted by Crippen LogP contribution is -2.42. The Balaban J connectivity index is 1.76. The fourth-order valence-corrected chi connectivity index (χ4v) is 3.53. The van der Waals surface area contributed by atoms with E-state index in [0.29, 0.717) is 33.6 Å². The zero-order valence-corrected chi connectivity index (χ0v) is 19.8. The van der Waals surface area contributed by atoms with E-state index in [9.17, 15) is 19.2 Å². The number of carbonyl (C=O) groups excluding carboxylic acids is 3. The summed E-state index contributed by atoms with van der Waals surface area (Å²) in [5, 5.41) is 6.40. The third-order valence-corrected chi connectivity index (χ3v) is 5.18. The Bertz CT molecular complexity index is 1270. The lowest BCUT2D eigenvalue weighted by atomic mass is 10.0. The molecule has 1 atom stereocenters. The van der Waals surface area contributed by atoms with Gasteiger partial charge in [-0.25, -0.2) is 9.59 Å². The quantitative estimate of drug-likeness (QED) is 0.364. The molecule has 0 saturated heterocycles. The number of carbonyl (C=O) groups is 3. The van der Waals surface area contributed by atoms with Crippen LogP contribution < -0.4 is 16.3 Å². The molecule has 2 N–H and O–H groups in total. The second-order valence-electron chi connectivity index (χ2n) is 8.25. The van der Waals surface area contributed by atoms with Gasteiger partial charge in [-0.3, -0.25) is 9.59 Å². The Morgan fingerprint density at radius 3 is 2.41 bits per heavy atom. The van der Waals surface area contributed by atoms with Crippen LogP contribution in [0.1, 0.15) is 43.1 Å². The highest BCUT2D eigenvalue weighted by molar-refractivity contribution is 6.30. The molecule has 2 aromatic carbocycles. The molecule has 0 bridgehead atoms. The number of esters is 1. The van der Waals surface area contributed by atoms with Crippen molar-refractivity contribution in [1.29, 1.82) is 0 Å². The number of ether oxygens (including phenoxy) is 1. The molecule has 0 aliphatic carbocycles. The van der Waals surface area contributed by atoms with Gasteiger partial charge in [0.05, 0.1) is 0 Å². The molecule has 0 aliphatic rings. The minimum Gasteiger partial charge on any atom is -0.459 e. The monoisotopic (exact) mass is 484 g/mol. The van der Waals surface area contributed by atoms with Crippen LogP contribution in [0.15, 0.2) is 57.7 Å². The SMILES string of the molecule is CC(=O)Nc1ccc2c(COC(=O)C(CC(C)C)NC(=O)c3ccc(Cl)cc3)cc(=O)oc2c1. The van der Waals surface area contributed by atoms with Gasteiger partial charge in [0.25, 0.3) is 5.91 Å². The number of fused-ring (bicyclic) bond motifs is 1. The third-order valence-electron chi connectivity index (χ3n) is 4.92. The van der Waals surface area contributed by atoms with Crippen LogP contribution in [0.25, 0.3) is 11.0 Å². The zero-order valence-electron chi connectivity index (χ0n) is 19.0. The van der Waals surface area contributed by atoms with E-state index in [1.54, 1.807) is 36.4 Å². The first-order chi connectivity index (χ1) is 16.1. The molecule has 3 rings (SSSR count). The lowest BCUT2D eigenvalue weighted by molar-refractivity contribution is -0.147. The number of rotatable bonds is 8. The summed E-state index contributed by atoms with van der Waals surface area (Å²) in [4.78, 5) is 48.8. The van der Waals surface area contributed by atoms with Gasteiger partial charge in [0.15, 0.2) is 0 Å². The summed E-state index contributed by atoms with van der Waals surface area (Å²) in [7, 11) is 0. The van der Waals surface area contributed by atoms with Gasteiger partial charge in [0, 0.05) is 46.3 Å². The van der Waals surface area contributed by atoms with E-state index in [4.69, 9.17) is 20.8 Å². The highest BCUT2D eigenvalue weighted by Gasteiger charge is 2.24. The molecule has 0 aliphatic heterocycles. The van der Waals surface area contributed by atoms with Crippen molar-refractivity contribution < 1.29 is 23.5 Å². The standard InChI is InChI=1S/C25H25ClN2O6/c1-14(2)10-21(28-24(31)16-4-6-18(26)7-5-16)25(32)33-13-17-11-23(30)34-22-12-19(27-15(3)29)8-9-20(17)22/h4-9,11-12,14,21H,10,13H2,1-3H3,(H,27,29)(H,28,31). The molecule has 2 amide bonds. The van der Waals surface area contributed by atoms with Gasteiger partial charge < -0.3 is 19.8 Å². The first-order valence-corrected chi connectivity index (χ1v) is 11.1. The van der Waals surface area contributed by atoms with Crippen molar-refractivity contribution in [3.63, 3.8) is 0 Å². The Hall–Kier alpha value is -3.65. The molecule has 0 spiro atoms. The summed E-state index contributed by atoms with van der Waals surface area (Å²) in [6, 6.07) is 11.5. The summed E-state index contributed by atoms with van der Waals surface area (Å²) in [6.07, 6.45) is 0.371.